The molecule has 0 aliphatic carbocycles. The predicted octanol–water partition coefficient (Wildman–Crippen LogP) is 11.7. The molecular weight excluding hydrogens is 554 g/mol. The molecule has 0 aliphatic rings. The van der Waals surface area contributed by atoms with Gasteiger partial charge in [-0.05, 0) is 89.7 Å². The number of nitriles is 1. The first-order valence-electron chi connectivity index (χ1n) is 17.3. The van der Waals surface area contributed by atoms with Gasteiger partial charge in [0, 0.05) is 0 Å². The summed E-state index contributed by atoms with van der Waals surface area (Å²) in [5.74, 6) is 2.83. The number of fused-ring (bicyclic) bond motifs is 1. The van der Waals surface area contributed by atoms with E-state index in [-0.39, 0.29) is 0 Å². The van der Waals surface area contributed by atoms with E-state index in [0.29, 0.717) is 5.56 Å². The van der Waals surface area contributed by atoms with Crippen LogP contribution < -0.4 is 14.2 Å². The average molecular weight is 606 g/mol. The van der Waals surface area contributed by atoms with Crippen LogP contribution in [0.25, 0.3) is 21.9 Å². The molecule has 0 saturated heterocycles. The molecule has 0 atom stereocenters. The summed E-state index contributed by atoms with van der Waals surface area (Å²) in [6.45, 7) is 4.58. The zero-order valence-electron chi connectivity index (χ0n) is 27.3. The first kappa shape index (κ1) is 33.9. The standard InChI is InChI=1S/C41H51NO3/c1-2-3-4-13-29-44-40-26-22-38-32-41(27-23-37(38)31-40)45-30-15-12-10-8-6-5-7-9-11-14-28-43-39-24-20-36(21-25-39)35-18-16-34(33-42)17-19-35/h16-27,31-32H,2-15,28-30H2,1H3. The van der Waals surface area contributed by atoms with Crippen molar-refractivity contribution in [2.24, 2.45) is 0 Å². The molecule has 0 heterocycles. The second-order valence-corrected chi connectivity index (χ2v) is 12.0. The maximum atomic E-state index is 8.96. The van der Waals surface area contributed by atoms with Gasteiger partial charge in [-0.3, -0.25) is 0 Å². The van der Waals surface area contributed by atoms with Gasteiger partial charge < -0.3 is 14.2 Å². The topological polar surface area (TPSA) is 51.5 Å². The van der Waals surface area contributed by atoms with Crippen LogP contribution in [0.4, 0.5) is 0 Å². The van der Waals surface area contributed by atoms with Gasteiger partial charge in [-0.1, -0.05) is 114 Å². The lowest BCUT2D eigenvalue weighted by Gasteiger charge is -2.10. The number of hydrogen-bond acceptors (Lipinski definition) is 4. The van der Waals surface area contributed by atoms with Gasteiger partial charge in [-0.25, -0.2) is 0 Å². The molecule has 238 valence electrons. The number of rotatable bonds is 22. The van der Waals surface area contributed by atoms with Crippen LogP contribution in [0.5, 0.6) is 17.2 Å². The SMILES string of the molecule is CCCCCCOc1ccc2cc(OCCCCCCCCCCCCOc3ccc(-c4ccc(C#N)cc4)cc3)ccc2c1. The summed E-state index contributed by atoms with van der Waals surface area (Å²) in [6, 6.07) is 30.8. The van der Waals surface area contributed by atoms with E-state index in [1.54, 1.807) is 0 Å². The van der Waals surface area contributed by atoms with E-state index < -0.39 is 0 Å². The highest BCUT2D eigenvalue weighted by atomic mass is 16.5. The summed E-state index contributed by atoms with van der Waals surface area (Å²) in [6.07, 6.45) is 17.4. The Balaban J connectivity index is 0.957. The van der Waals surface area contributed by atoms with E-state index in [0.717, 1.165) is 67.5 Å². The number of ether oxygens (including phenoxy) is 3. The Kier molecular flexibility index (Phi) is 15.2. The molecule has 4 heteroatoms. The van der Waals surface area contributed by atoms with Gasteiger partial charge in [-0.2, -0.15) is 5.26 Å². The Morgan fingerprint density at radius 2 is 0.822 bits per heavy atom. The van der Waals surface area contributed by atoms with E-state index in [1.165, 1.54) is 81.4 Å². The zero-order valence-corrected chi connectivity index (χ0v) is 27.3. The highest BCUT2D eigenvalue weighted by molar-refractivity contribution is 5.85. The van der Waals surface area contributed by atoms with Crippen molar-refractivity contribution < 1.29 is 14.2 Å². The number of benzene rings is 4. The Bertz CT molecular complexity index is 1420. The van der Waals surface area contributed by atoms with Crippen molar-refractivity contribution in [3.63, 3.8) is 0 Å². The van der Waals surface area contributed by atoms with E-state index in [4.69, 9.17) is 19.5 Å². The molecule has 0 radical (unpaired) electrons. The summed E-state index contributed by atoms with van der Waals surface area (Å²) in [4.78, 5) is 0. The van der Waals surface area contributed by atoms with Crippen LogP contribution in [0.15, 0.2) is 84.9 Å². The summed E-state index contributed by atoms with van der Waals surface area (Å²) >= 11 is 0. The van der Waals surface area contributed by atoms with E-state index in [2.05, 4.69) is 61.5 Å². The first-order valence-corrected chi connectivity index (χ1v) is 17.3. The van der Waals surface area contributed by atoms with Crippen LogP contribution in [0, 0.1) is 11.3 Å². The highest BCUT2D eigenvalue weighted by Crippen LogP contribution is 2.26. The van der Waals surface area contributed by atoms with Crippen molar-refractivity contribution in [1.82, 2.24) is 0 Å². The molecule has 4 nitrogen and oxygen atoms in total. The van der Waals surface area contributed by atoms with E-state index >= 15 is 0 Å². The lowest BCUT2D eigenvalue weighted by molar-refractivity contribution is 0.303. The molecule has 0 aliphatic heterocycles. The number of nitrogens with zero attached hydrogens (tertiary/aromatic N) is 1. The van der Waals surface area contributed by atoms with Crippen molar-refractivity contribution in [2.75, 3.05) is 19.8 Å². The average Bonchev–Trinajstić information content (AvgIpc) is 3.08. The lowest BCUT2D eigenvalue weighted by atomic mass is 10.0. The molecule has 4 aromatic rings. The minimum Gasteiger partial charge on any atom is -0.494 e. The molecule has 0 unspecified atom stereocenters. The smallest absolute Gasteiger partial charge is 0.119 e. The molecule has 4 aromatic carbocycles. The Morgan fingerprint density at radius 3 is 1.27 bits per heavy atom. The molecule has 45 heavy (non-hydrogen) atoms. The molecular formula is C41H51NO3. The Morgan fingerprint density at radius 1 is 0.444 bits per heavy atom. The van der Waals surface area contributed by atoms with Gasteiger partial charge in [-0.15, -0.1) is 0 Å². The Hall–Kier alpha value is -3.97. The van der Waals surface area contributed by atoms with Crippen molar-refractivity contribution in [3.05, 3.63) is 90.5 Å². The van der Waals surface area contributed by atoms with E-state index in [9.17, 15) is 0 Å². The van der Waals surface area contributed by atoms with Gasteiger partial charge in [0.25, 0.3) is 0 Å². The molecule has 0 bridgehead atoms. The predicted molar refractivity (Wildman–Crippen MR) is 187 cm³/mol. The van der Waals surface area contributed by atoms with Gasteiger partial charge >= 0.3 is 0 Å². The largest absolute Gasteiger partial charge is 0.494 e. The molecule has 4 rings (SSSR count). The van der Waals surface area contributed by atoms with Gasteiger partial charge in [0.1, 0.15) is 17.2 Å². The fourth-order valence-corrected chi connectivity index (χ4v) is 5.58. The number of hydrogen-bond donors (Lipinski definition) is 0. The molecule has 0 aromatic heterocycles. The fraction of sp³-hybridized carbons (Fsp3) is 0.439. The molecule has 0 saturated carbocycles. The molecule has 0 amide bonds. The highest BCUT2D eigenvalue weighted by Gasteiger charge is 2.03. The third-order valence-corrected chi connectivity index (χ3v) is 8.33. The van der Waals surface area contributed by atoms with Crippen LogP contribution in [0.3, 0.4) is 0 Å². The fourth-order valence-electron chi connectivity index (χ4n) is 5.58. The summed E-state index contributed by atoms with van der Waals surface area (Å²) in [5.41, 5.74) is 2.93. The van der Waals surface area contributed by atoms with Crippen molar-refractivity contribution in [3.8, 4) is 34.4 Å². The summed E-state index contributed by atoms with van der Waals surface area (Å²) in [5, 5.41) is 11.4. The summed E-state index contributed by atoms with van der Waals surface area (Å²) < 4.78 is 17.9. The summed E-state index contributed by atoms with van der Waals surface area (Å²) in [7, 11) is 0. The monoisotopic (exact) mass is 605 g/mol. The molecule has 0 fully saturated rings. The minimum atomic E-state index is 0.683. The van der Waals surface area contributed by atoms with E-state index in [1.807, 2.05) is 36.4 Å². The van der Waals surface area contributed by atoms with Gasteiger partial charge in [0.15, 0.2) is 0 Å². The first-order chi connectivity index (χ1) is 22.2. The third kappa shape index (κ3) is 12.5. The minimum absolute atomic E-state index is 0.683. The van der Waals surface area contributed by atoms with Gasteiger partial charge in [0.2, 0.25) is 0 Å². The second kappa shape index (κ2) is 20.1. The third-order valence-electron chi connectivity index (χ3n) is 8.33. The van der Waals surface area contributed by atoms with Crippen LogP contribution >= 0.6 is 0 Å². The maximum absolute atomic E-state index is 8.96. The second-order valence-electron chi connectivity index (χ2n) is 12.0. The molecule has 0 spiro atoms. The van der Waals surface area contributed by atoms with Crippen molar-refractivity contribution >= 4 is 10.8 Å². The van der Waals surface area contributed by atoms with Gasteiger partial charge in [0.05, 0.1) is 31.5 Å². The lowest BCUT2D eigenvalue weighted by Crippen LogP contribution is -1.98. The van der Waals surface area contributed by atoms with Crippen LogP contribution in [-0.2, 0) is 0 Å². The quantitative estimate of drug-likeness (QED) is 0.0836. The normalized spacial score (nSPS) is 10.9. The van der Waals surface area contributed by atoms with Crippen molar-refractivity contribution in [2.45, 2.75) is 96.8 Å². The maximum Gasteiger partial charge on any atom is 0.119 e. The van der Waals surface area contributed by atoms with Crippen molar-refractivity contribution in [1.29, 1.82) is 5.26 Å². The number of unbranched alkanes of at least 4 members (excludes halogenated alkanes) is 12. The Labute approximate surface area is 271 Å². The van der Waals surface area contributed by atoms with Crippen LogP contribution in [0.2, 0.25) is 0 Å². The van der Waals surface area contributed by atoms with Crippen LogP contribution in [0.1, 0.15) is 102 Å². The van der Waals surface area contributed by atoms with Crippen LogP contribution in [-0.4, -0.2) is 19.8 Å². The zero-order chi connectivity index (χ0) is 31.4. The molecule has 0 N–H and O–H groups in total.